The van der Waals surface area contributed by atoms with Crippen molar-refractivity contribution >= 4 is 23.6 Å². The van der Waals surface area contributed by atoms with Gasteiger partial charge in [0.15, 0.2) is 6.10 Å². The minimum atomic E-state index is -0.931. The van der Waals surface area contributed by atoms with Crippen LogP contribution in [0.15, 0.2) is 0 Å². The minimum Gasteiger partial charge on any atom is -0.467 e. The molecule has 2 aliphatic rings. The molecule has 72 valence electrons. The van der Waals surface area contributed by atoms with Crippen LogP contribution in [0.25, 0.3) is 0 Å². The normalized spacial score (nSPS) is 36.9. The van der Waals surface area contributed by atoms with Gasteiger partial charge in [-0.25, -0.2) is 4.79 Å². The molecule has 2 unspecified atom stereocenters. The van der Waals surface area contributed by atoms with Crippen LogP contribution in [-0.2, 0) is 14.3 Å². The SMILES string of the molecule is COC(=O)C1CS[C@@H]2C(O)C(=O)N12. The van der Waals surface area contributed by atoms with Crippen LogP contribution in [0.4, 0.5) is 0 Å². The lowest BCUT2D eigenvalue weighted by atomic mass is 10.1. The number of esters is 1. The van der Waals surface area contributed by atoms with Gasteiger partial charge in [0.05, 0.1) is 7.11 Å². The number of carbonyl (C=O) groups is 2. The monoisotopic (exact) mass is 203 g/mol. The molecule has 3 atom stereocenters. The number of hydrogen-bond acceptors (Lipinski definition) is 5. The van der Waals surface area contributed by atoms with E-state index in [-0.39, 0.29) is 11.3 Å². The fourth-order valence-electron chi connectivity index (χ4n) is 1.56. The topological polar surface area (TPSA) is 66.8 Å². The first-order valence-electron chi connectivity index (χ1n) is 3.86. The van der Waals surface area contributed by atoms with Crippen molar-refractivity contribution in [2.75, 3.05) is 12.9 Å². The number of methoxy groups -OCH3 is 1. The second kappa shape index (κ2) is 2.88. The molecule has 0 aromatic carbocycles. The van der Waals surface area contributed by atoms with Gasteiger partial charge in [-0.05, 0) is 0 Å². The number of rotatable bonds is 1. The molecule has 0 aromatic heterocycles. The van der Waals surface area contributed by atoms with Crippen LogP contribution in [0.3, 0.4) is 0 Å². The van der Waals surface area contributed by atoms with Crippen molar-refractivity contribution in [3.05, 3.63) is 0 Å². The minimum absolute atomic E-state index is 0.239. The van der Waals surface area contributed by atoms with E-state index in [1.54, 1.807) is 0 Å². The first kappa shape index (κ1) is 8.83. The molecule has 0 aliphatic carbocycles. The van der Waals surface area contributed by atoms with Crippen LogP contribution in [0.5, 0.6) is 0 Å². The molecule has 0 bridgehead atoms. The molecule has 2 heterocycles. The smallest absolute Gasteiger partial charge is 0.329 e. The highest BCUT2D eigenvalue weighted by atomic mass is 32.2. The zero-order chi connectivity index (χ0) is 9.59. The van der Waals surface area contributed by atoms with Gasteiger partial charge in [0, 0.05) is 5.75 Å². The second-order valence-electron chi connectivity index (χ2n) is 2.95. The van der Waals surface area contributed by atoms with Gasteiger partial charge in [-0.2, -0.15) is 0 Å². The summed E-state index contributed by atoms with van der Waals surface area (Å²) in [6.45, 7) is 0. The molecule has 2 aliphatic heterocycles. The summed E-state index contributed by atoms with van der Waals surface area (Å²) in [5, 5.41) is 8.96. The molecule has 2 fully saturated rings. The van der Waals surface area contributed by atoms with Gasteiger partial charge >= 0.3 is 5.97 Å². The van der Waals surface area contributed by atoms with Crippen molar-refractivity contribution in [3.8, 4) is 0 Å². The van der Waals surface area contributed by atoms with E-state index in [2.05, 4.69) is 4.74 Å². The fourth-order valence-corrected chi connectivity index (χ4v) is 2.95. The van der Waals surface area contributed by atoms with Crippen LogP contribution >= 0.6 is 11.8 Å². The van der Waals surface area contributed by atoms with E-state index in [0.29, 0.717) is 5.75 Å². The third kappa shape index (κ3) is 1.05. The largest absolute Gasteiger partial charge is 0.467 e. The van der Waals surface area contributed by atoms with Crippen molar-refractivity contribution in [1.82, 2.24) is 4.90 Å². The molecule has 13 heavy (non-hydrogen) atoms. The molecule has 2 rings (SSSR count). The van der Waals surface area contributed by atoms with Crippen molar-refractivity contribution in [2.24, 2.45) is 0 Å². The van der Waals surface area contributed by atoms with E-state index < -0.39 is 18.1 Å². The number of hydrogen-bond donors (Lipinski definition) is 1. The van der Waals surface area contributed by atoms with E-state index in [1.165, 1.54) is 23.8 Å². The molecule has 2 saturated heterocycles. The highest BCUT2D eigenvalue weighted by Gasteiger charge is 2.56. The fraction of sp³-hybridized carbons (Fsp3) is 0.714. The lowest BCUT2D eigenvalue weighted by Gasteiger charge is -2.40. The van der Waals surface area contributed by atoms with E-state index >= 15 is 0 Å². The number of carbonyl (C=O) groups excluding carboxylic acids is 2. The Bertz CT molecular complexity index is 261. The molecule has 1 N–H and O–H groups in total. The summed E-state index contributed by atoms with van der Waals surface area (Å²) in [4.78, 5) is 23.7. The second-order valence-corrected chi connectivity index (χ2v) is 4.10. The summed E-state index contributed by atoms with van der Waals surface area (Å²) in [5.74, 6) is -0.263. The first-order valence-corrected chi connectivity index (χ1v) is 4.91. The van der Waals surface area contributed by atoms with E-state index in [9.17, 15) is 14.7 Å². The number of β-lactam (4-membered cyclic amide) rings is 1. The maximum atomic E-state index is 11.1. The Morgan fingerprint density at radius 1 is 1.77 bits per heavy atom. The Morgan fingerprint density at radius 3 is 3.08 bits per heavy atom. The Balaban J connectivity index is 2.11. The van der Waals surface area contributed by atoms with Gasteiger partial charge in [-0.1, -0.05) is 0 Å². The van der Waals surface area contributed by atoms with Gasteiger partial charge < -0.3 is 14.7 Å². The van der Waals surface area contributed by atoms with Crippen molar-refractivity contribution in [1.29, 1.82) is 0 Å². The maximum absolute atomic E-state index is 11.1. The number of thioether (sulfide) groups is 1. The summed E-state index contributed by atoms with van der Waals surface area (Å²) in [6.07, 6.45) is -0.931. The van der Waals surface area contributed by atoms with Crippen LogP contribution in [-0.4, -0.2) is 52.3 Å². The van der Waals surface area contributed by atoms with Gasteiger partial charge in [-0.3, -0.25) is 4.79 Å². The standard InChI is InChI=1S/C7H9NO4S/c1-12-7(11)3-2-13-6-4(9)5(10)8(3)6/h3-4,6,9H,2H2,1H3/t3?,4?,6-/m1/s1. The average molecular weight is 203 g/mol. The molecule has 0 saturated carbocycles. The van der Waals surface area contributed by atoms with Gasteiger partial charge in [0.1, 0.15) is 11.4 Å². The molecule has 0 spiro atoms. The number of aliphatic hydroxyl groups excluding tert-OH is 1. The highest BCUT2D eigenvalue weighted by molar-refractivity contribution is 8.00. The summed E-state index contributed by atoms with van der Waals surface area (Å²) in [7, 11) is 1.29. The molecular formula is C7H9NO4S. The first-order chi connectivity index (χ1) is 6.16. The number of nitrogens with zero attached hydrogens (tertiary/aromatic N) is 1. The molecular weight excluding hydrogens is 194 g/mol. The lowest BCUT2D eigenvalue weighted by Crippen LogP contribution is -2.64. The van der Waals surface area contributed by atoms with Gasteiger partial charge in [0.25, 0.3) is 5.91 Å². The Kier molecular flexibility index (Phi) is 1.96. The third-order valence-corrected chi connectivity index (χ3v) is 3.62. The van der Waals surface area contributed by atoms with E-state index in [4.69, 9.17) is 0 Å². The highest BCUT2D eigenvalue weighted by Crippen LogP contribution is 2.39. The summed E-state index contributed by atoms with van der Waals surface area (Å²) < 4.78 is 4.54. The summed E-state index contributed by atoms with van der Waals surface area (Å²) in [6, 6.07) is -0.504. The van der Waals surface area contributed by atoms with Crippen LogP contribution < -0.4 is 0 Å². The zero-order valence-corrected chi connectivity index (χ0v) is 7.78. The molecule has 0 radical (unpaired) electrons. The predicted octanol–water partition coefficient (Wildman–Crippen LogP) is -1.20. The Morgan fingerprint density at radius 2 is 2.46 bits per heavy atom. The lowest BCUT2D eigenvalue weighted by molar-refractivity contribution is -0.169. The van der Waals surface area contributed by atoms with E-state index in [1.807, 2.05) is 0 Å². The average Bonchev–Trinajstić information content (AvgIpc) is 2.56. The number of ether oxygens (including phenoxy) is 1. The van der Waals surface area contributed by atoms with Crippen LogP contribution in [0.2, 0.25) is 0 Å². The Labute approximate surface area is 79.0 Å². The number of fused-ring (bicyclic) bond motifs is 1. The summed E-state index contributed by atoms with van der Waals surface area (Å²) >= 11 is 1.41. The van der Waals surface area contributed by atoms with Crippen molar-refractivity contribution < 1.29 is 19.4 Å². The maximum Gasteiger partial charge on any atom is 0.329 e. The molecule has 0 aromatic rings. The zero-order valence-electron chi connectivity index (χ0n) is 6.97. The third-order valence-electron chi connectivity index (χ3n) is 2.29. The molecule has 5 nitrogen and oxygen atoms in total. The number of amides is 1. The quantitative estimate of drug-likeness (QED) is 0.428. The van der Waals surface area contributed by atoms with Crippen LogP contribution in [0.1, 0.15) is 0 Å². The van der Waals surface area contributed by atoms with Crippen LogP contribution in [0, 0.1) is 0 Å². The predicted molar refractivity (Wildman–Crippen MR) is 44.9 cm³/mol. The van der Waals surface area contributed by atoms with Gasteiger partial charge in [-0.15, -0.1) is 11.8 Å². The molecule has 6 heteroatoms. The Hall–Kier alpha value is -0.750. The van der Waals surface area contributed by atoms with Gasteiger partial charge in [0.2, 0.25) is 0 Å². The van der Waals surface area contributed by atoms with E-state index in [0.717, 1.165) is 0 Å². The van der Waals surface area contributed by atoms with Crippen molar-refractivity contribution in [2.45, 2.75) is 17.5 Å². The van der Waals surface area contributed by atoms with Crippen molar-refractivity contribution in [3.63, 3.8) is 0 Å². The summed E-state index contributed by atoms with van der Waals surface area (Å²) in [5.41, 5.74) is 0. The molecule has 1 amide bonds. The number of aliphatic hydroxyl groups is 1.